The molecule has 1 aliphatic heterocycles. The second-order valence-electron chi connectivity index (χ2n) is 12.5. The van der Waals surface area contributed by atoms with E-state index in [1.165, 1.54) is 17.3 Å². The maximum atomic E-state index is 12.6. The Labute approximate surface area is 276 Å². The first-order valence-corrected chi connectivity index (χ1v) is 16.1. The van der Waals surface area contributed by atoms with E-state index in [0.29, 0.717) is 59.5 Å². The third kappa shape index (κ3) is 6.10. The van der Waals surface area contributed by atoms with Crippen molar-refractivity contribution in [1.29, 1.82) is 0 Å². The minimum absolute atomic E-state index is 0.0711. The average Bonchev–Trinajstić information content (AvgIpc) is 3.60. The fourth-order valence-electron chi connectivity index (χ4n) is 6.02. The Morgan fingerprint density at radius 1 is 1.22 bits per heavy atom. The van der Waals surface area contributed by atoms with E-state index in [9.17, 15) is 15.1 Å². The number of amides is 1. The Morgan fingerprint density at radius 3 is 2.48 bits per heavy atom. The minimum atomic E-state index is -1.07. The third-order valence-electron chi connectivity index (χ3n) is 8.62. The molecule has 13 nitrogen and oxygen atoms in total. The van der Waals surface area contributed by atoms with Crippen LogP contribution in [0.5, 0.6) is 5.88 Å². The fourth-order valence-corrected chi connectivity index (χ4v) is 6.64. The van der Waals surface area contributed by atoms with E-state index in [0.717, 1.165) is 35.6 Å². The summed E-state index contributed by atoms with van der Waals surface area (Å²) in [5.41, 5.74) is 2.78. The van der Waals surface area contributed by atoms with Gasteiger partial charge in [0, 0.05) is 67.6 Å². The van der Waals surface area contributed by atoms with E-state index in [2.05, 4.69) is 20.3 Å². The van der Waals surface area contributed by atoms with Gasteiger partial charge in [0.25, 0.3) is 5.91 Å². The average molecular weight is 672 g/mol. The van der Waals surface area contributed by atoms with Gasteiger partial charge in [-0.3, -0.25) is 4.79 Å². The second kappa shape index (κ2) is 12.3. The molecule has 0 atom stereocenters. The Bertz CT molecular complexity index is 1750. The highest BCUT2D eigenvalue weighted by atomic mass is 35.5. The summed E-state index contributed by atoms with van der Waals surface area (Å²) in [7, 11) is 3.43. The quantitative estimate of drug-likeness (QED) is 0.202. The number of carbonyl (C=O) groups excluding carboxylic acids is 1. The SMILES string of the molecule is Cc1nc(OCc2c(C3CC3)n[nH][n+]2-c2c(Cl)c[n+]([O-])cc2Cl)ccc1C1(O)CCN(c2cc(C(=O)N(C)C)nn2C(C)C)CC1. The number of nitrogens with zero attached hydrogens (tertiary/aromatic N) is 8. The van der Waals surface area contributed by atoms with E-state index < -0.39 is 5.60 Å². The van der Waals surface area contributed by atoms with Gasteiger partial charge in [-0.05, 0) is 52.5 Å². The number of rotatable bonds is 9. The van der Waals surface area contributed by atoms with Crippen LogP contribution in [0, 0.1) is 12.1 Å². The molecule has 1 aliphatic carbocycles. The maximum Gasteiger partial charge on any atom is 0.273 e. The summed E-state index contributed by atoms with van der Waals surface area (Å²) in [6, 6.07) is 5.55. The predicted octanol–water partition coefficient (Wildman–Crippen LogP) is 3.75. The number of anilines is 1. The molecule has 4 aromatic heterocycles. The van der Waals surface area contributed by atoms with E-state index in [-0.39, 0.29) is 28.6 Å². The number of aryl methyl sites for hydroxylation is 1. The zero-order valence-corrected chi connectivity index (χ0v) is 28.0. The number of hydrogen-bond donors (Lipinski definition) is 2. The smallest absolute Gasteiger partial charge is 0.273 e. The van der Waals surface area contributed by atoms with Crippen molar-refractivity contribution in [3.8, 4) is 11.6 Å². The molecule has 0 spiro atoms. The summed E-state index contributed by atoms with van der Waals surface area (Å²) >= 11 is 12.8. The monoisotopic (exact) mass is 670 g/mol. The van der Waals surface area contributed by atoms with Gasteiger partial charge >= 0.3 is 0 Å². The van der Waals surface area contributed by atoms with Crippen LogP contribution in [-0.2, 0) is 12.2 Å². The number of H-pyrrole nitrogens is 1. The highest BCUT2D eigenvalue weighted by Crippen LogP contribution is 2.41. The summed E-state index contributed by atoms with van der Waals surface area (Å²) in [5.74, 6) is 1.43. The number of hydrogen-bond acceptors (Lipinski definition) is 8. The number of aromatic amines is 1. The van der Waals surface area contributed by atoms with Crippen molar-refractivity contribution in [1.82, 2.24) is 30.0 Å². The first kappa shape index (κ1) is 32.0. The molecule has 2 fully saturated rings. The van der Waals surface area contributed by atoms with Crippen molar-refractivity contribution < 1.29 is 24.1 Å². The van der Waals surface area contributed by atoms with Crippen molar-refractivity contribution in [2.45, 2.75) is 70.6 Å². The molecule has 0 unspecified atom stereocenters. The molecule has 6 rings (SSSR count). The molecular formula is C31H38Cl2N9O4+. The van der Waals surface area contributed by atoms with Gasteiger partial charge in [0.15, 0.2) is 22.3 Å². The van der Waals surface area contributed by atoms with Gasteiger partial charge in [-0.1, -0.05) is 28.4 Å². The number of aromatic nitrogens is 7. The summed E-state index contributed by atoms with van der Waals surface area (Å²) < 4.78 is 10.2. The van der Waals surface area contributed by atoms with E-state index in [1.54, 1.807) is 24.8 Å². The molecule has 15 heteroatoms. The van der Waals surface area contributed by atoms with E-state index >= 15 is 0 Å². The van der Waals surface area contributed by atoms with Crippen LogP contribution >= 0.6 is 23.2 Å². The Hall–Kier alpha value is -3.94. The summed E-state index contributed by atoms with van der Waals surface area (Å²) in [4.78, 5) is 21.0. The maximum absolute atomic E-state index is 12.6. The van der Waals surface area contributed by atoms with Crippen LogP contribution in [0.25, 0.3) is 5.69 Å². The zero-order chi connectivity index (χ0) is 32.9. The molecule has 1 amide bonds. The molecular weight excluding hydrogens is 633 g/mol. The highest BCUT2D eigenvalue weighted by molar-refractivity contribution is 6.36. The summed E-state index contributed by atoms with van der Waals surface area (Å²) in [6.07, 6.45) is 5.48. The highest BCUT2D eigenvalue weighted by Gasteiger charge is 2.39. The van der Waals surface area contributed by atoms with Crippen LogP contribution in [0.2, 0.25) is 10.0 Å². The predicted molar refractivity (Wildman–Crippen MR) is 170 cm³/mol. The van der Waals surface area contributed by atoms with Crippen molar-refractivity contribution >= 4 is 34.9 Å². The van der Waals surface area contributed by atoms with Crippen LogP contribution < -0.4 is 19.0 Å². The van der Waals surface area contributed by atoms with Gasteiger partial charge in [0.2, 0.25) is 35.3 Å². The van der Waals surface area contributed by atoms with Crippen LogP contribution in [-0.4, -0.2) is 68.2 Å². The molecule has 244 valence electrons. The molecule has 0 radical (unpaired) electrons. The normalized spacial score (nSPS) is 16.2. The summed E-state index contributed by atoms with van der Waals surface area (Å²) in [6.45, 7) is 7.25. The number of ether oxygens (including phenoxy) is 1. The minimum Gasteiger partial charge on any atom is -0.619 e. The second-order valence-corrected chi connectivity index (χ2v) is 13.3. The van der Waals surface area contributed by atoms with Crippen LogP contribution in [0.15, 0.2) is 30.6 Å². The number of pyridine rings is 2. The van der Waals surface area contributed by atoms with Crippen LogP contribution in [0.3, 0.4) is 0 Å². The molecule has 0 aromatic carbocycles. The number of nitrogens with one attached hydrogen (secondary N) is 1. The number of aliphatic hydroxyl groups is 1. The van der Waals surface area contributed by atoms with Crippen LogP contribution in [0.1, 0.15) is 84.6 Å². The summed E-state index contributed by atoms with van der Waals surface area (Å²) in [5, 5.41) is 36.0. The number of carbonyl (C=O) groups is 1. The number of piperidine rings is 1. The topological polar surface area (TPSA) is 143 Å². The lowest BCUT2D eigenvalue weighted by Gasteiger charge is -2.40. The molecule has 1 saturated carbocycles. The van der Waals surface area contributed by atoms with Gasteiger partial charge in [-0.2, -0.15) is 9.83 Å². The molecule has 4 aromatic rings. The zero-order valence-electron chi connectivity index (χ0n) is 26.5. The van der Waals surface area contributed by atoms with Crippen molar-refractivity contribution in [3.05, 3.63) is 74.2 Å². The molecule has 1 saturated heterocycles. The molecule has 2 aliphatic rings. The molecule has 5 heterocycles. The van der Waals surface area contributed by atoms with Crippen molar-refractivity contribution in [2.75, 3.05) is 32.1 Å². The standard InChI is InChI=1S/C31H37Cl2N9O4/c1-18(2)41-27(14-24(36-41)30(43)38(4)5)39-12-10-31(44,11-13-39)21-8-9-26(34-19(21)3)46-17-25-28(20-6-7-20)35-37-42(25)29-22(32)15-40(45)16-23(29)33/h8-9,14-16,18,20,44H,6-7,10-13,17H2,1-5H3/p+1. The first-order chi connectivity index (χ1) is 21.9. The van der Waals surface area contributed by atoms with Crippen molar-refractivity contribution in [3.63, 3.8) is 0 Å². The first-order valence-electron chi connectivity index (χ1n) is 15.3. The number of halogens is 2. The third-order valence-corrected chi connectivity index (χ3v) is 9.17. The van der Waals surface area contributed by atoms with Gasteiger partial charge in [-0.25, -0.2) is 9.67 Å². The largest absolute Gasteiger partial charge is 0.619 e. The van der Waals surface area contributed by atoms with Crippen molar-refractivity contribution in [2.24, 2.45) is 0 Å². The molecule has 0 bridgehead atoms. The molecule has 46 heavy (non-hydrogen) atoms. The van der Waals surface area contributed by atoms with E-state index in [4.69, 9.17) is 32.9 Å². The molecule has 2 N–H and O–H groups in total. The van der Waals surface area contributed by atoms with Crippen LogP contribution in [0.4, 0.5) is 5.82 Å². The lowest BCUT2D eigenvalue weighted by Crippen LogP contribution is -2.44. The fraction of sp³-hybridized carbons (Fsp3) is 0.484. The lowest BCUT2D eigenvalue weighted by atomic mass is 9.83. The Kier molecular flexibility index (Phi) is 8.59. The van der Waals surface area contributed by atoms with Gasteiger partial charge in [-0.15, -0.1) is 4.68 Å². The Balaban J connectivity index is 1.18. The van der Waals surface area contributed by atoms with Gasteiger partial charge in [0.1, 0.15) is 5.82 Å². The van der Waals surface area contributed by atoms with Gasteiger partial charge < -0.3 is 24.9 Å². The lowest BCUT2D eigenvalue weighted by molar-refractivity contribution is -0.671. The van der Waals surface area contributed by atoms with E-state index in [1.807, 2.05) is 37.6 Å². The van der Waals surface area contributed by atoms with Gasteiger partial charge in [0.05, 0.1) is 5.60 Å². The Morgan fingerprint density at radius 2 is 1.89 bits per heavy atom.